The van der Waals surface area contributed by atoms with Gasteiger partial charge in [-0.2, -0.15) is 0 Å². The highest BCUT2D eigenvalue weighted by Gasteiger charge is 1.98. The van der Waals surface area contributed by atoms with Crippen molar-refractivity contribution in [3.8, 4) is 0 Å². The van der Waals surface area contributed by atoms with Crippen molar-refractivity contribution in [1.82, 2.24) is 9.97 Å². The van der Waals surface area contributed by atoms with E-state index in [1.807, 2.05) is 24.5 Å². The van der Waals surface area contributed by atoms with Crippen LogP contribution in [0.4, 0.5) is 0 Å². The highest BCUT2D eigenvalue weighted by molar-refractivity contribution is 5.16. The second-order valence-corrected chi connectivity index (χ2v) is 4.50. The second-order valence-electron chi connectivity index (χ2n) is 4.50. The van der Waals surface area contributed by atoms with Gasteiger partial charge in [0.25, 0.3) is 0 Å². The van der Waals surface area contributed by atoms with Crippen molar-refractivity contribution in [3.63, 3.8) is 0 Å². The van der Waals surface area contributed by atoms with Gasteiger partial charge in [-0.1, -0.05) is 0 Å². The summed E-state index contributed by atoms with van der Waals surface area (Å²) in [5.74, 6) is 0. The Bertz CT molecular complexity index is 446. The third kappa shape index (κ3) is 3.66. The molecule has 2 heteroatoms. The van der Waals surface area contributed by atoms with Crippen molar-refractivity contribution < 1.29 is 0 Å². The van der Waals surface area contributed by atoms with Gasteiger partial charge < -0.3 is 0 Å². The van der Waals surface area contributed by atoms with Gasteiger partial charge in [-0.15, -0.1) is 0 Å². The maximum atomic E-state index is 4.37. The minimum Gasteiger partial charge on any atom is -0.261 e. The predicted molar refractivity (Wildman–Crippen MR) is 70.0 cm³/mol. The van der Waals surface area contributed by atoms with Crippen molar-refractivity contribution in [1.29, 1.82) is 0 Å². The number of aryl methyl sites for hydroxylation is 4. The lowest BCUT2D eigenvalue weighted by Crippen LogP contribution is -1.95. The first-order valence-corrected chi connectivity index (χ1v) is 6.07. The molecule has 0 aliphatic carbocycles. The first kappa shape index (κ1) is 11.8. The molecule has 0 atom stereocenters. The van der Waals surface area contributed by atoms with E-state index in [0.717, 1.165) is 19.3 Å². The van der Waals surface area contributed by atoms with E-state index in [9.17, 15) is 0 Å². The molecule has 0 fully saturated rings. The number of nitrogens with zero attached hydrogens (tertiary/aromatic N) is 2. The van der Waals surface area contributed by atoms with E-state index >= 15 is 0 Å². The van der Waals surface area contributed by atoms with Gasteiger partial charge >= 0.3 is 0 Å². The molecule has 2 aromatic heterocycles. The van der Waals surface area contributed by atoms with E-state index in [0.29, 0.717) is 0 Å². The molecule has 88 valence electrons. The van der Waals surface area contributed by atoms with E-state index in [1.54, 1.807) is 0 Å². The van der Waals surface area contributed by atoms with Crippen LogP contribution in [0.5, 0.6) is 0 Å². The average Bonchev–Trinajstić information content (AvgIpc) is 2.29. The van der Waals surface area contributed by atoms with Gasteiger partial charge in [-0.25, -0.2) is 0 Å². The van der Waals surface area contributed by atoms with E-state index in [-0.39, 0.29) is 0 Å². The fourth-order valence-corrected chi connectivity index (χ4v) is 1.92. The van der Waals surface area contributed by atoms with Crippen LogP contribution in [0.2, 0.25) is 0 Å². The molecule has 2 rings (SSSR count). The SMILES string of the molecule is Cc1ccnc(CCCc2cc(C)ccn2)c1. The van der Waals surface area contributed by atoms with Crippen LogP contribution in [0.1, 0.15) is 28.9 Å². The van der Waals surface area contributed by atoms with Crippen LogP contribution < -0.4 is 0 Å². The molecule has 0 aliphatic rings. The highest BCUT2D eigenvalue weighted by atomic mass is 14.7. The monoisotopic (exact) mass is 226 g/mol. The molecule has 2 nitrogen and oxygen atoms in total. The lowest BCUT2D eigenvalue weighted by molar-refractivity contribution is 0.779. The number of hydrogen-bond donors (Lipinski definition) is 0. The Balaban J connectivity index is 1.87. The van der Waals surface area contributed by atoms with Gasteiger partial charge in [0.15, 0.2) is 0 Å². The van der Waals surface area contributed by atoms with Gasteiger partial charge in [0.05, 0.1) is 0 Å². The third-order valence-corrected chi connectivity index (χ3v) is 2.81. The van der Waals surface area contributed by atoms with Crippen molar-refractivity contribution in [2.75, 3.05) is 0 Å². The lowest BCUT2D eigenvalue weighted by Gasteiger charge is -2.03. The van der Waals surface area contributed by atoms with E-state index in [1.165, 1.54) is 22.5 Å². The molecular weight excluding hydrogens is 208 g/mol. The molecule has 2 aromatic rings. The van der Waals surface area contributed by atoms with Crippen LogP contribution in [0.15, 0.2) is 36.7 Å². The zero-order chi connectivity index (χ0) is 12.1. The molecule has 0 aromatic carbocycles. The molecule has 2 heterocycles. The normalized spacial score (nSPS) is 10.5. The zero-order valence-corrected chi connectivity index (χ0v) is 10.5. The van der Waals surface area contributed by atoms with Crippen LogP contribution in [0.25, 0.3) is 0 Å². The maximum absolute atomic E-state index is 4.37. The van der Waals surface area contributed by atoms with Crippen LogP contribution in [0.3, 0.4) is 0 Å². The Morgan fingerprint density at radius 2 is 1.29 bits per heavy atom. The Labute approximate surface area is 103 Å². The number of aromatic nitrogens is 2. The summed E-state index contributed by atoms with van der Waals surface area (Å²) in [5, 5.41) is 0. The van der Waals surface area contributed by atoms with Crippen molar-refractivity contribution >= 4 is 0 Å². The second kappa shape index (κ2) is 5.58. The molecular formula is C15H18N2. The standard InChI is InChI=1S/C15H18N2/c1-12-6-8-16-14(10-12)4-3-5-15-11-13(2)7-9-17-15/h6-11H,3-5H2,1-2H3. The summed E-state index contributed by atoms with van der Waals surface area (Å²) < 4.78 is 0. The largest absolute Gasteiger partial charge is 0.261 e. The molecule has 0 bridgehead atoms. The first-order chi connectivity index (χ1) is 8.24. The summed E-state index contributed by atoms with van der Waals surface area (Å²) in [4.78, 5) is 8.74. The minimum atomic E-state index is 1.03. The Hall–Kier alpha value is -1.70. The van der Waals surface area contributed by atoms with Crippen LogP contribution in [0, 0.1) is 13.8 Å². The number of hydrogen-bond acceptors (Lipinski definition) is 2. The summed E-state index contributed by atoms with van der Waals surface area (Å²) in [7, 11) is 0. The molecule has 0 saturated heterocycles. The van der Waals surface area contributed by atoms with Gasteiger partial charge in [-0.3, -0.25) is 9.97 Å². The fraction of sp³-hybridized carbons (Fsp3) is 0.333. The van der Waals surface area contributed by atoms with Crippen LogP contribution >= 0.6 is 0 Å². The third-order valence-electron chi connectivity index (χ3n) is 2.81. The molecule has 0 unspecified atom stereocenters. The molecule has 0 radical (unpaired) electrons. The van der Waals surface area contributed by atoms with Crippen LogP contribution in [-0.4, -0.2) is 9.97 Å². The summed E-state index contributed by atoms with van der Waals surface area (Å²) in [6, 6.07) is 8.38. The first-order valence-electron chi connectivity index (χ1n) is 6.07. The molecule has 0 saturated carbocycles. The summed E-state index contributed by atoms with van der Waals surface area (Å²) in [6.45, 7) is 4.21. The van der Waals surface area contributed by atoms with E-state index in [2.05, 4.69) is 35.9 Å². The van der Waals surface area contributed by atoms with Gasteiger partial charge in [-0.05, 0) is 68.5 Å². The predicted octanol–water partition coefficient (Wildman–Crippen LogP) is 3.27. The average molecular weight is 226 g/mol. The van der Waals surface area contributed by atoms with Gasteiger partial charge in [0.1, 0.15) is 0 Å². The van der Waals surface area contributed by atoms with Crippen molar-refractivity contribution in [2.24, 2.45) is 0 Å². The molecule has 0 spiro atoms. The highest BCUT2D eigenvalue weighted by Crippen LogP contribution is 2.07. The minimum absolute atomic E-state index is 1.03. The summed E-state index contributed by atoms with van der Waals surface area (Å²) in [6.07, 6.45) is 6.92. The van der Waals surface area contributed by atoms with Crippen LogP contribution in [-0.2, 0) is 12.8 Å². The lowest BCUT2D eigenvalue weighted by atomic mass is 10.1. The molecule has 17 heavy (non-hydrogen) atoms. The quantitative estimate of drug-likeness (QED) is 0.799. The summed E-state index contributed by atoms with van der Waals surface area (Å²) in [5.41, 5.74) is 4.92. The van der Waals surface area contributed by atoms with Gasteiger partial charge in [0, 0.05) is 23.8 Å². The molecule has 0 N–H and O–H groups in total. The van der Waals surface area contributed by atoms with Crippen molar-refractivity contribution in [3.05, 3.63) is 59.2 Å². The maximum Gasteiger partial charge on any atom is 0.0406 e. The molecule has 0 aliphatic heterocycles. The Morgan fingerprint density at radius 3 is 1.71 bits per heavy atom. The van der Waals surface area contributed by atoms with Crippen molar-refractivity contribution in [2.45, 2.75) is 33.1 Å². The topological polar surface area (TPSA) is 25.8 Å². The molecule has 0 amide bonds. The number of rotatable bonds is 4. The Morgan fingerprint density at radius 1 is 0.824 bits per heavy atom. The summed E-state index contributed by atoms with van der Waals surface area (Å²) >= 11 is 0. The Kier molecular flexibility index (Phi) is 3.86. The fourth-order valence-electron chi connectivity index (χ4n) is 1.92. The van der Waals surface area contributed by atoms with E-state index < -0.39 is 0 Å². The van der Waals surface area contributed by atoms with Gasteiger partial charge in [0.2, 0.25) is 0 Å². The smallest absolute Gasteiger partial charge is 0.0406 e. The number of pyridine rings is 2. The van der Waals surface area contributed by atoms with E-state index in [4.69, 9.17) is 0 Å². The zero-order valence-electron chi connectivity index (χ0n) is 10.5.